The van der Waals surface area contributed by atoms with Crippen LogP contribution in [0.1, 0.15) is 24.2 Å². The van der Waals surface area contributed by atoms with Crippen LogP contribution in [0, 0.1) is 0 Å². The highest BCUT2D eigenvalue weighted by Gasteiger charge is 2.34. The van der Waals surface area contributed by atoms with Crippen LogP contribution in [-0.4, -0.2) is 20.7 Å². The Morgan fingerprint density at radius 1 is 1.43 bits per heavy atom. The van der Waals surface area contributed by atoms with E-state index in [0.29, 0.717) is 0 Å². The fourth-order valence-electron chi connectivity index (χ4n) is 1.66. The summed E-state index contributed by atoms with van der Waals surface area (Å²) >= 11 is 0. The van der Waals surface area contributed by atoms with E-state index in [1.807, 2.05) is 0 Å². The fourth-order valence-corrected chi connectivity index (χ4v) is 1.66. The molecule has 0 saturated heterocycles. The highest BCUT2D eigenvalue weighted by Crippen LogP contribution is 2.27. The van der Waals surface area contributed by atoms with E-state index in [1.54, 1.807) is 24.5 Å². The minimum absolute atomic E-state index is 0.254. The summed E-state index contributed by atoms with van der Waals surface area (Å²) in [5.41, 5.74) is -0.219. The third-order valence-electron chi connectivity index (χ3n) is 2.86. The maximum atomic E-state index is 12.5. The number of rotatable bonds is 4. The largest absolute Gasteiger partial charge is 0.435 e. The molecule has 2 heterocycles. The first-order valence-corrected chi connectivity index (χ1v) is 6.17. The van der Waals surface area contributed by atoms with Crippen molar-refractivity contribution in [2.75, 3.05) is 0 Å². The second-order valence-corrected chi connectivity index (χ2v) is 4.43. The van der Waals surface area contributed by atoms with Crippen LogP contribution >= 0.6 is 0 Å². The van der Waals surface area contributed by atoms with Gasteiger partial charge in [-0.05, 0) is 24.6 Å². The van der Waals surface area contributed by atoms with Crippen molar-refractivity contribution in [2.24, 2.45) is 0 Å². The molecule has 0 unspecified atom stereocenters. The molecule has 2 rings (SSSR count). The second kappa shape index (κ2) is 5.94. The molecule has 5 nitrogen and oxygen atoms in total. The van der Waals surface area contributed by atoms with Gasteiger partial charge in [-0.25, -0.2) is 0 Å². The SMILES string of the molecule is C[C@@H](C(=O)NCc1cccnc1)n1ccc(C(F)(F)F)n1. The third kappa shape index (κ3) is 3.80. The Balaban J connectivity index is 1.98. The summed E-state index contributed by atoms with van der Waals surface area (Å²) in [6, 6.07) is 3.52. The van der Waals surface area contributed by atoms with Crippen molar-refractivity contribution in [1.82, 2.24) is 20.1 Å². The summed E-state index contributed by atoms with van der Waals surface area (Å²) in [5.74, 6) is -0.421. The minimum atomic E-state index is -4.52. The van der Waals surface area contributed by atoms with Crippen LogP contribution in [0.5, 0.6) is 0 Å². The van der Waals surface area contributed by atoms with Gasteiger partial charge < -0.3 is 5.32 Å². The van der Waals surface area contributed by atoms with Crippen LogP contribution in [0.25, 0.3) is 0 Å². The standard InChI is InChI=1S/C13H13F3N4O/c1-9(20-6-4-11(19-20)13(14,15)16)12(21)18-8-10-3-2-5-17-7-10/h2-7,9H,8H2,1H3,(H,18,21)/t9-/m0/s1. The molecule has 0 saturated carbocycles. The molecule has 0 bridgehead atoms. The first-order chi connectivity index (χ1) is 9.88. The molecule has 2 aromatic rings. The predicted molar refractivity (Wildman–Crippen MR) is 68.0 cm³/mol. The molecule has 8 heteroatoms. The van der Waals surface area contributed by atoms with E-state index in [9.17, 15) is 18.0 Å². The fraction of sp³-hybridized carbons (Fsp3) is 0.308. The van der Waals surface area contributed by atoms with Gasteiger partial charge in [0.15, 0.2) is 5.69 Å². The molecule has 112 valence electrons. The van der Waals surface area contributed by atoms with E-state index in [2.05, 4.69) is 15.4 Å². The minimum Gasteiger partial charge on any atom is -0.350 e. The quantitative estimate of drug-likeness (QED) is 0.941. The maximum absolute atomic E-state index is 12.5. The summed E-state index contributed by atoms with van der Waals surface area (Å²) < 4.78 is 38.3. The van der Waals surface area contributed by atoms with Crippen LogP contribution < -0.4 is 5.32 Å². The van der Waals surface area contributed by atoms with Crippen LogP contribution in [0.2, 0.25) is 0 Å². The molecule has 21 heavy (non-hydrogen) atoms. The molecule has 2 aromatic heterocycles. The zero-order chi connectivity index (χ0) is 15.5. The smallest absolute Gasteiger partial charge is 0.350 e. The van der Waals surface area contributed by atoms with Crippen LogP contribution in [0.4, 0.5) is 13.2 Å². The van der Waals surface area contributed by atoms with E-state index < -0.39 is 23.8 Å². The Morgan fingerprint density at radius 3 is 2.76 bits per heavy atom. The molecule has 0 aliphatic rings. The summed E-state index contributed by atoms with van der Waals surface area (Å²) in [5, 5.41) is 6.00. The number of pyridine rings is 1. The van der Waals surface area contributed by atoms with Crippen molar-refractivity contribution < 1.29 is 18.0 Å². The lowest BCUT2D eigenvalue weighted by Crippen LogP contribution is -2.31. The zero-order valence-corrected chi connectivity index (χ0v) is 11.1. The van der Waals surface area contributed by atoms with Gasteiger partial charge in [-0.15, -0.1) is 0 Å². The molecule has 1 N–H and O–H groups in total. The van der Waals surface area contributed by atoms with Crippen molar-refractivity contribution in [2.45, 2.75) is 25.7 Å². The normalized spacial score (nSPS) is 13.0. The van der Waals surface area contributed by atoms with E-state index in [-0.39, 0.29) is 6.54 Å². The average Bonchev–Trinajstić information content (AvgIpc) is 2.95. The summed E-state index contributed by atoms with van der Waals surface area (Å²) in [6.45, 7) is 1.73. The molecule has 1 atom stereocenters. The first kappa shape index (κ1) is 15.0. The highest BCUT2D eigenvalue weighted by molar-refractivity contribution is 5.79. The Morgan fingerprint density at radius 2 is 2.19 bits per heavy atom. The lowest BCUT2D eigenvalue weighted by molar-refractivity contribution is -0.142. The van der Waals surface area contributed by atoms with Gasteiger partial charge in [0, 0.05) is 25.1 Å². The Bertz CT molecular complexity index is 609. The highest BCUT2D eigenvalue weighted by atomic mass is 19.4. The van der Waals surface area contributed by atoms with Gasteiger partial charge in [0.1, 0.15) is 6.04 Å². The molecular formula is C13H13F3N4O. The number of nitrogens with one attached hydrogen (secondary N) is 1. The van der Waals surface area contributed by atoms with Gasteiger partial charge in [0.2, 0.25) is 5.91 Å². The Kier molecular flexibility index (Phi) is 4.25. The predicted octanol–water partition coefficient (Wildman–Crippen LogP) is 2.17. The lowest BCUT2D eigenvalue weighted by Gasteiger charge is -2.12. The van der Waals surface area contributed by atoms with Gasteiger partial charge in [-0.2, -0.15) is 18.3 Å². The van der Waals surface area contributed by atoms with E-state index in [4.69, 9.17) is 0 Å². The van der Waals surface area contributed by atoms with Crippen LogP contribution in [0.15, 0.2) is 36.8 Å². The van der Waals surface area contributed by atoms with E-state index in [1.165, 1.54) is 6.92 Å². The second-order valence-electron chi connectivity index (χ2n) is 4.43. The summed E-state index contributed by atoms with van der Waals surface area (Å²) in [7, 11) is 0. The number of hydrogen-bond donors (Lipinski definition) is 1. The van der Waals surface area contributed by atoms with Crippen molar-refractivity contribution in [3.63, 3.8) is 0 Å². The average molecular weight is 298 g/mol. The first-order valence-electron chi connectivity index (χ1n) is 6.17. The van der Waals surface area contributed by atoms with E-state index in [0.717, 1.165) is 22.5 Å². The molecule has 0 aromatic carbocycles. The number of hydrogen-bond acceptors (Lipinski definition) is 3. The summed E-state index contributed by atoms with van der Waals surface area (Å²) in [4.78, 5) is 15.8. The Hall–Kier alpha value is -2.38. The molecule has 0 aliphatic heterocycles. The van der Waals surface area contributed by atoms with Crippen molar-refractivity contribution in [3.05, 3.63) is 48.0 Å². The van der Waals surface area contributed by atoms with Crippen molar-refractivity contribution >= 4 is 5.91 Å². The van der Waals surface area contributed by atoms with Crippen molar-refractivity contribution in [1.29, 1.82) is 0 Å². The Labute approximate surface area is 118 Å². The molecule has 0 fully saturated rings. The van der Waals surface area contributed by atoms with E-state index >= 15 is 0 Å². The van der Waals surface area contributed by atoms with Crippen LogP contribution in [0.3, 0.4) is 0 Å². The van der Waals surface area contributed by atoms with Gasteiger partial charge in [0.05, 0.1) is 0 Å². The van der Waals surface area contributed by atoms with Gasteiger partial charge >= 0.3 is 6.18 Å². The number of alkyl halides is 3. The van der Waals surface area contributed by atoms with Gasteiger partial charge in [0.25, 0.3) is 0 Å². The molecule has 0 radical (unpaired) electrons. The maximum Gasteiger partial charge on any atom is 0.435 e. The topological polar surface area (TPSA) is 59.8 Å². The monoisotopic (exact) mass is 298 g/mol. The number of halogens is 3. The summed E-state index contributed by atoms with van der Waals surface area (Å²) in [6.07, 6.45) is -0.175. The number of carbonyl (C=O) groups is 1. The molecular weight excluding hydrogens is 285 g/mol. The number of amides is 1. The molecule has 0 spiro atoms. The molecule has 1 amide bonds. The lowest BCUT2D eigenvalue weighted by atomic mass is 10.2. The number of aromatic nitrogens is 3. The number of nitrogens with zero attached hydrogens (tertiary/aromatic N) is 3. The zero-order valence-electron chi connectivity index (χ0n) is 11.1. The molecule has 0 aliphatic carbocycles. The van der Waals surface area contributed by atoms with Gasteiger partial charge in [-0.3, -0.25) is 14.5 Å². The van der Waals surface area contributed by atoms with Gasteiger partial charge in [-0.1, -0.05) is 6.07 Å². The van der Waals surface area contributed by atoms with Crippen molar-refractivity contribution in [3.8, 4) is 0 Å². The third-order valence-corrected chi connectivity index (χ3v) is 2.86. The number of carbonyl (C=O) groups excluding carboxylic acids is 1. The van der Waals surface area contributed by atoms with Crippen LogP contribution in [-0.2, 0) is 17.5 Å².